The van der Waals surface area contributed by atoms with Crippen molar-refractivity contribution in [1.29, 1.82) is 0 Å². The first-order chi connectivity index (χ1) is 14.0. The molecule has 0 atom stereocenters. The Bertz CT molecular complexity index is 1120. The summed E-state index contributed by atoms with van der Waals surface area (Å²) >= 11 is 6.26. The molecule has 1 aromatic carbocycles. The Morgan fingerprint density at radius 2 is 1.87 bits per heavy atom. The van der Waals surface area contributed by atoms with E-state index in [1.807, 2.05) is 6.07 Å². The molecule has 30 heavy (non-hydrogen) atoms. The van der Waals surface area contributed by atoms with Crippen molar-refractivity contribution in [3.05, 3.63) is 59.0 Å². The van der Waals surface area contributed by atoms with Crippen molar-refractivity contribution in [2.24, 2.45) is 7.05 Å². The van der Waals surface area contributed by atoms with Crippen molar-refractivity contribution >= 4 is 17.7 Å². The maximum atomic E-state index is 14.0. The Hall–Kier alpha value is -2.68. The van der Waals surface area contributed by atoms with Gasteiger partial charge in [0.2, 0.25) is 0 Å². The highest BCUT2D eigenvalue weighted by molar-refractivity contribution is 6.31. The number of aromatic nitrogens is 4. The second-order valence-electron chi connectivity index (χ2n) is 7.17. The first-order valence-electron chi connectivity index (χ1n) is 9.04. The Balaban J connectivity index is 1.78. The van der Waals surface area contributed by atoms with Crippen molar-refractivity contribution in [3.8, 4) is 16.9 Å². The SMILES string of the molecule is C=Cc1c(C(F)(F)C(F)(F)F)nn(C)c1-n1cc(-c2ccc(Cl)c(C3CC3)c2)cn1. The van der Waals surface area contributed by atoms with Crippen LogP contribution in [0.1, 0.15) is 35.6 Å². The van der Waals surface area contributed by atoms with Gasteiger partial charge in [-0.1, -0.05) is 30.3 Å². The molecule has 4 nitrogen and oxygen atoms in total. The second-order valence-corrected chi connectivity index (χ2v) is 7.58. The minimum Gasteiger partial charge on any atom is -0.250 e. The number of rotatable bonds is 5. The number of alkyl halides is 5. The fraction of sp³-hybridized carbons (Fsp3) is 0.300. The lowest BCUT2D eigenvalue weighted by atomic mass is 10.0. The van der Waals surface area contributed by atoms with E-state index in [0.717, 1.165) is 34.7 Å². The van der Waals surface area contributed by atoms with Crippen molar-refractivity contribution in [3.63, 3.8) is 0 Å². The molecule has 0 unspecified atom stereocenters. The van der Waals surface area contributed by atoms with E-state index in [2.05, 4.69) is 16.8 Å². The third-order valence-electron chi connectivity index (χ3n) is 5.06. The van der Waals surface area contributed by atoms with Gasteiger partial charge in [0.15, 0.2) is 11.5 Å². The second kappa shape index (κ2) is 6.94. The number of halogens is 6. The average Bonchev–Trinajstić information content (AvgIpc) is 3.29. The molecule has 0 spiro atoms. The molecular weight excluding hydrogens is 427 g/mol. The number of aryl methyl sites for hydroxylation is 1. The fourth-order valence-corrected chi connectivity index (χ4v) is 3.65. The minimum atomic E-state index is -5.78. The van der Waals surface area contributed by atoms with Crippen LogP contribution in [0.3, 0.4) is 0 Å². The highest BCUT2D eigenvalue weighted by atomic mass is 35.5. The van der Waals surface area contributed by atoms with Crippen LogP contribution < -0.4 is 0 Å². The van der Waals surface area contributed by atoms with Crippen LogP contribution >= 0.6 is 11.6 Å². The third-order valence-corrected chi connectivity index (χ3v) is 5.40. The van der Waals surface area contributed by atoms with Crippen molar-refractivity contribution in [2.45, 2.75) is 30.9 Å². The van der Waals surface area contributed by atoms with Crippen LogP contribution in [0.2, 0.25) is 5.02 Å². The van der Waals surface area contributed by atoms with Gasteiger partial charge in [-0.2, -0.15) is 32.1 Å². The monoisotopic (exact) mass is 442 g/mol. The lowest BCUT2D eigenvalue weighted by Gasteiger charge is -2.18. The van der Waals surface area contributed by atoms with E-state index in [9.17, 15) is 22.0 Å². The van der Waals surface area contributed by atoms with E-state index in [4.69, 9.17) is 11.6 Å². The predicted octanol–water partition coefficient (Wildman–Crippen LogP) is 6.10. The molecule has 0 N–H and O–H groups in total. The molecule has 1 saturated carbocycles. The summed E-state index contributed by atoms with van der Waals surface area (Å²) in [5, 5.41) is 8.26. The summed E-state index contributed by atoms with van der Waals surface area (Å²) in [4.78, 5) is 0. The first-order valence-corrected chi connectivity index (χ1v) is 9.41. The highest BCUT2D eigenvalue weighted by Crippen LogP contribution is 2.46. The van der Waals surface area contributed by atoms with Crippen molar-refractivity contribution in [2.75, 3.05) is 0 Å². The van der Waals surface area contributed by atoms with Gasteiger partial charge in [-0.15, -0.1) is 0 Å². The Labute approximate surface area is 173 Å². The molecule has 0 bridgehead atoms. The van der Waals surface area contributed by atoms with Crippen molar-refractivity contribution < 1.29 is 22.0 Å². The van der Waals surface area contributed by atoms with Crippen LogP contribution in [0.5, 0.6) is 0 Å². The maximum Gasteiger partial charge on any atom is 0.459 e. The Morgan fingerprint density at radius 3 is 2.47 bits per heavy atom. The summed E-state index contributed by atoms with van der Waals surface area (Å²) in [6.07, 6.45) is 0.313. The van der Waals surface area contributed by atoms with E-state index in [1.54, 1.807) is 18.3 Å². The van der Waals surface area contributed by atoms with Gasteiger partial charge in [0.1, 0.15) is 0 Å². The lowest BCUT2D eigenvalue weighted by Crippen LogP contribution is -2.34. The third kappa shape index (κ3) is 3.30. The standard InChI is InChI=1S/C20H16ClF5N4/c1-3-14-17(19(22,23)20(24,25)26)28-29(2)18(14)30-10-13(9-27-30)12-6-7-16(21)15(8-12)11-4-5-11/h3,6-11H,1,4-5H2,2H3. The molecule has 0 saturated heterocycles. The van der Waals surface area contributed by atoms with Crippen LogP contribution in [0.4, 0.5) is 22.0 Å². The van der Waals surface area contributed by atoms with E-state index >= 15 is 0 Å². The zero-order chi connectivity index (χ0) is 21.8. The largest absolute Gasteiger partial charge is 0.459 e. The molecule has 0 radical (unpaired) electrons. The summed E-state index contributed by atoms with van der Waals surface area (Å²) < 4.78 is 68.7. The Kier molecular flexibility index (Phi) is 4.76. The van der Waals surface area contributed by atoms with Crippen LogP contribution in [-0.4, -0.2) is 25.7 Å². The summed E-state index contributed by atoms with van der Waals surface area (Å²) in [6, 6.07) is 5.53. The van der Waals surface area contributed by atoms with E-state index in [1.165, 1.54) is 17.9 Å². The summed E-state index contributed by atoms with van der Waals surface area (Å²) in [5.41, 5.74) is 0.650. The van der Waals surface area contributed by atoms with Gasteiger partial charge in [-0.05, 0) is 42.0 Å². The number of benzene rings is 1. The molecule has 10 heteroatoms. The molecule has 158 valence electrons. The molecule has 3 aromatic rings. The normalized spacial score (nSPS) is 14.9. The Morgan fingerprint density at radius 1 is 1.17 bits per heavy atom. The van der Waals surface area contributed by atoms with Gasteiger partial charge in [-0.3, -0.25) is 0 Å². The van der Waals surface area contributed by atoms with Crippen LogP contribution in [0, 0.1) is 0 Å². The van der Waals surface area contributed by atoms with E-state index in [0.29, 0.717) is 16.5 Å². The molecule has 1 aliphatic rings. The van der Waals surface area contributed by atoms with Crippen molar-refractivity contribution in [1.82, 2.24) is 19.6 Å². The summed E-state index contributed by atoms with van der Waals surface area (Å²) in [6.45, 7) is 3.39. The van der Waals surface area contributed by atoms with E-state index < -0.39 is 23.4 Å². The number of hydrogen-bond acceptors (Lipinski definition) is 2. The quantitative estimate of drug-likeness (QED) is 0.447. The zero-order valence-electron chi connectivity index (χ0n) is 15.7. The molecule has 2 aromatic heterocycles. The van der Waals surface area contributed by atoms with E-state index in [-0.39, 0.29) is 5.82 Å². The number of hydrogen-bond donors (Lipinski definition) is 0. The minimum absolute atomic E-state index is 0.0495. The maximum absolute atomic E-state index is 14.0. The molecule has 1 aliphatic carbocycles. The summed E-state index contributed by atoms with van der Waals surface area (Å²) in [7, 11) is 1.27. The zero-order valence-corrected chi connectivity index (χ0v) is 16.5. The lowest BCUT2D eigenvalue weighted by molar-refractivity contribution is -0.291. The average molecular weight is 443 g/mol. The first kappa shape index (κ1) is 20.6. The summed E-state index contributed by atoms with van der Waals surface area (Å²) in [5.74, 6) is -4.76. The van der Waals surface area contributed by atoms with Crippen LogP contribution in [0.25, 0.3) is 23.0 Å². The molecule has 0 aliphatic heterocycles. The van der Waals surface area contributed by atoms with Gasteiger partial charge in [0.05, 0.1) is 6.20 Å². The van der Waals surface area contributed by atoms with Crippen LogP contribution in [-0.2, 0) is 13.0 Å². The van der Waals surface area contributed by atoms with Gasteiger partial charge in [-0.25, -0.2) is 9.36 Å². The molecule has 4 rings (SSSR count). The van der Waals surface area contributed by atoms with Crippen LogP contribution in [0.15, 0.2) is 37.2 Å². The molecule has 0 amide bonds. The number of nitrogens with zero attached hydrogens (tertiary/aromatic N) is 4. The smallest absolute Gasteiger partial charge is 0.250 e. The highest BCUT2D eigenvalue weighted by Gasteiger charge is 2.61. The molecule has 1 fully saturated rings. The topological polar surface area (TPSA) is 35.6 Å². The van der Waals surface area contributed by atoms with Gasteiger partial charge >= 0.3 is 12.1 Å². The van der Waals surface area contributed by atoms with Gasteiger partial charge in [0, 0.05) is 29.4 Å². The fourth-order valence-electron chi connectivity index (χ4n) is 3.38. The van der Waals surface area contributed by atoms with Gasteiger partial charge < -0.3 is 0 Å². The predicted molar refractivity (Wildman–Crippen MR) is 103 cm³/mol. The van der Waals surface area contributed by atoms with Gasteiger partial charge in [0.25, 0.3) is 0 Å². The molecule has 2 heterocycles. The molecular formula is C20H16ClF5N4.